The summed E-state index contributed by atoms with van der Waals surface area (Å²) < 4.78 is 61.7. The molecule has 0 saturated heterocycles. The fourth-order valence-electron chi connectivity index (χ4n) is 2.93. The van der Waals surface area contributed by atoms with Gasteiger partial charge in [-0.3, -0.25) is 4.79 Å². The van der Waals surface area contributed by atoms with Gasteiger partial charge in [-0.15, -0.1) is 0 Å². The SMILES string of the molecule is CCN(CC)c1ccc(NC(=O)CCS(=O)(=O)c2cccc(OC)c2)c(C)c1.O=C(O)C(F)(F)F. The Hall–Kier alpha value is -3.28. The highest BCUT2D eigenvalue weighted by Crippen LogP contribution is 2.23. The van der Waals surface area contributed by atoms with Crippen LogP contribution in [-0.4, -0.2) is 57.5 Å². The number of carbonyl (C=O) groups excluding carboxylic acids is 1. The lowest BCUT2D eigenvalue weighted by molar-refractivity contribution is -0.192. The number of carboxylic acids is 1. The minimum Gasteiger partial charge on any atom is -0.497 e. The number of sulfone groups is 1. The van der Waals surface area contributed by atoms with Gasteiger partial charge in [0.15, 0.2) is 9.84 Å². The standard InChI is InChI=1S/C21H28N2O4S.C2HF3O2/c1-5-23(6-2)17-10-11-20(16(3)14-17)22-21(24)12-13-28(25,26)19-9-7-8-18(15-19)27-4;3-2(4,5)1(6)7/h7-11,14-15H,5-6,12-13H2,1-4H3,(H,22,24);(H,6,7). The summed E-state index contributed by atoms with van der Waals surface area (Å²) in [5.41, 5.74) is 2.73. The predicted molar refractivity (Wildman–Crippen MR) is 127 cm³/mol. The van der Waals surface area contributed by atoms with Crippen LogP contribution >= 0.6 is 0 Å². The third kappa shape index (κ3) is 9.47. The van der Waals surface area contributed by atoms with Crippen molar-refractivity contribution in [1.82, 2.24) is 0 Å². The monoisotopic (exact) mass is 518 g/mol. The molecule has 8 nitrogen and oxygen atoms in total. The molecule has 0 radical (unpaired) electrons. The van der Waals surface area contributed by atoms with Crippen molar-refractivity contribution in [3.8, 4) is 5.75 Å². The van der Waals surface area contributed by atoms with Crippen LogP contribution < -0.4 is 15.0 Å². The first-order valence-corrected chi connectivity index (χ1v) is 12.2. The van der Waals surface area contributed by atoms with Gasteiger partial charge in [0.1, 0.15) is 5.75 Å². The molecule has 0 spiro atoms. The number of halogens is 3. The van der Waals surface area contributed by atoms with Crippen molar-refractivity contribution in [2.75, 3.05) is 36.2 Å². The van der Waals surface area contributed by atoms with Crippen LogP contribution in [0, 0.1) is 6.92 Å². The van der Waals surface area contributed by atoms with Gasteiger partial charge in [-0.25, -0.2) is 13.2 Å². The van der Waals surface area contributed by atoms with Gasteiger partial charge in [-0.05, 0) is 62.7 Å². The van der Waals surface area contributed by atoms with Crippen LogP contribution in [0.25, 0.3) is 0 Å². The number of methoxy groups -OCH3 is 1. The maximum absolute atomic E-state index is 12.5. The van der Waals surface area contributed by atoms with Gasteiger partial charge < -0.3 is 20.1 Å². The molecular weight excluding hydrogens is 489 g/mol. The Kier molecular flexibility index (Phi) is 11.0. The number of nitrogens with one attached hydrogen (secondary N) is 1. The number of rotatable bonds is 9. The molecule has 194 valence electrons. The lowest BCUT2D eigenvalue weighted by Gasteiger charge is -2.22. The Bertz CT molecular complexity index is 1120. The summed E-state index contributed by atoms with van der Waals surface area (Å²) in [6.07, 6.45) is -5.20. The number of carboxylic acid groups (broad SMARTS) is 1. The molecule has 2 rings (SSSR count). The van der Waals surface area contributed by atoms with Crippen molar-refractivity contribution in [2.45, 2.75) is 38.3 Å². The Morgan fingerprint density at radius 2 is 1.69 bits per heavy atom. The third-order valence-electron chi connectivity index (χ3n) is 4.85. The zero-order valence-corrected chi connectivity index (χ0v) is 20.7. The quantitative estimate of drug-likeness (QED) is 0.509. The van der Waals surface area contributed by atoms with Crippen molar-refractivity contribution in [3.05, 3.63) is 48.0 Å². The molecule has 12 heteroatoms. The molecule has 0 fully saturated rings. The van der Waals surface area contributed by atoms with Crippen molar-refractivity contribution in [1.29, 1.82) is 0 Å². The maximum atomic E-state index is 12.5. The summed E-state index contributed by atoms with van der Waals surface area (Å²) in [6.45, 7) is 7.93. The van der Waals surface area contributed by atoms with Crippen LogP contribution in [0.15, 0.2) is 47.4 Å². The number of amides is 1. The number of alkyl halides is 3. The number of aryl methyl sites for hydroxylation is 1. The summed E-state index contributed by atoms with van der Waals surface area (Å²) in [5, 5.41) is 9.94. The van der Waals surface area contributed by atoms with E-state index in [0.29, 0.717) is 11.4 Å². The van der Waals surface area contributed by atoms with E-state index in [1.165, 1.54) is 19.2 Å². The summed E-state index contributed by atoms with van der Waals surface area (Å²) in [5.74, 6) is -2.88. The van der Waals surface area contributed by atoms with Crippen LogP contribution in [0.5, 0.6) is 5.75 Å². The molecule has 0 unspecified atom stereocenters. The fourth-order valence-corrected chi connectivity index (χ4v) is 4.20. The van der Waals surface area contributed by atoms with E-state index < -0.39 is 22.0 Å². The highest BCUT2D eigenvalue weighted by atomic mass is 32.2. The lowest BCUT2D eigenvalue weighted by atomic mass is 10.1. The van der Waals surface area contributed by atoms with Crippen molar-refractivity contribution in [2.24, 2.45) is 0 Å². The van der Waals surface area contributed by atoms with E-state index in [1.54, 1.807) is 12.1 Å². The Labute approximate surface area is 202 Å². The van der Waals surface area contributed by atoms with E-state index >= 15 is 0 Å². The van der Waals surface area contributed by atoms with Crippen molar-refractivity contribution in [3.63, 3.8) is 0 Å². The van der Waals surface area contributed by atoms with Crippen LogP contribution in [-0.2, 0) is 19.4 Å². The second kappa shape index (κ2) is 13.0. The topological polar surface area (TPSA) is 113 Å². The van der Waals surface area contributed by atoms with Crippen LogP contribution in [0.3, 0.4) is 0 Å². The highest BCUT2D eigenvalue weighted by molar-refractivity contribution is 7.91. The van der Waals surface area contributed by atoms with Gasteiger partial charge >= 0.3 is 12.1 Å². The smallest absolute Gasteiger partial charge is 0.490 e. The highest BCUT2D eigenvalue weighted by Gasteiger charge is 2.38. The number of ether oxygens (including phenoxy) is 1. The van der Waals surface area contributed by atoms with Gasteiger partial charge in [-0.2, -0.15) is 13.2 Å². The zero-order chi connectivity index (χ0) is 26.8. The second-order valence-electron chi connectivity index (χ2n) is 7.27. The molecular formula is C23H29F3N2O6S. The average Bonchev–Trinajstić information content (AvgIpc) is 2.80. The van der Waals surface area contributed by atoms with Crippen molar-refractivity contribution >= 4 is 33.1 Å². The van der Waals surface area contributed by atoms with Gasteiger partial charge in [0.2, 0.25) is 5.91 Å². The normalized spacial score (nSPS) is 11.2. The molecule has 2 N–H and O–H groups in total. The number of hydrogen-bond donors (Lipinski definition) is 2. The Balaban J connectivity index is 0.000000762. The summed E-state index contributed by atoms with van der Waals surface area (Å²) >= 11 is 0. The van der Waals surface area contributed by atoms with E-state index in [9.17, 15) is 26.4 Å². The van der Waals surface area contributed by atoms with E-state index in [-0.39, 0.29) is 23.0 Å². The molecule has 0 aliphatic heterocycles. The van der Waals surface area contributed by atoms with Gasteiger partial charge in [0, 0.05) is 30.9 Å². The summed E-state index contributed by atoms with van der Waals surface area (Å²) in [6, 6.07) is 12.1. The predicted octanol–water partition coefficient (Wildman–Crippen LogP) is 4.29. The molecule has 0 bridgehead atoms. The molecule has 0 aliphatic carbocycles. The summed E-state index contributed by atoms with van der Waals surface area (Å²) in [4.78, 5) is 23.6. The molecule has 2 aromatic carbocycles. The van der Waals surface area contributed by atoms with E-state index in [4.69, 9.17) is 14.6 Å². The number of benzene rings is 2. The van der Waals surface area contributed by atoms with Crippen LogP contribution in [0.1, 0.15) is 25.8 Å². The second-order valence-corrected chi connectivity index (χ2v) is 9.38. The van der Waals surface area contributed by atoms with Gasteiger partial charge in [-0.1, -0.05) is 6.07 Å². The number of carbonyl (C=O) groups is 2. The first-order valence-electron chi connectivity index (χ1n) is 10.6. The number of nitrogens with zero attached hydrogens (tertiary/aromatic N) is 1. The third-order valence-corrected chi connectivity index (χ3v) is 6.57. The molecule has 0 heterocycles. The fraction of sp³-hybridized carbons (Fsp3) is 0.391. The molecule has 0 atom stereocenters. The Morgan fingerprint density at radius 3 is 2.17 bits per heavy atom. The number of hydrogen-bond acceptors (Lipinski definition) is 6. The van der Waals surface area contributed by atoms with E-state index in [1.807, 2.05) is 25.1 Å². The molecule has 0 saturated carbocycles. The van der Waals surface area contributed by atoms with Crippen molar-refractivity contribution < 1.29 is 41.0 Å². The minimum atomic E-state index is -5.08. The average molecular weight is 519 g/mol. The number of aliphatic carboxylic acids is 1. The first kappa shape index (κ1) is 29.8. The van der Waals surface area contributed by atoms with Gasteiger partial charge in [0.05, 0.1) is 17.8 Å². The van der Waals surface area contributed by atoms with Crippen LogP contribution in [0.2, 0.25) is 0 Å². The molecule has 2 aromatic rings. The molecule has 35 heavy (non-hydrogen) atoms. The van der Waals surface area contributed by atoms with E-state index in [0.717, 1.165) is 24.3 Å². The van der Waals surface area contributed by atoms with Gasteiger partial charge in [0.25, 0.3) is 0 Å². The minimum absolute atomic E-state index is 0.114. The molecule has 0 aliphatic rings. The maximum Gasteiger partial charge on any atom is 0.490 e. The largest absolute Gasteiger partial charge is 0.497 e. The van der Waals surface area contributed by atoms with Crippen LogP contribution in [0.4, 0.5) is 24.5 Å². The summed E-state index contributed by atoms with van der Waals surface area (Å²) in [7, 11) is -2.08. The van der Waals surface area contributed by atoms with E-state index in [2.05, 4.69) is 24.1 Å². The first-order chi connectivity index (χ1) is 16.2. The number of anilines is 2. The molecule has 1 amide bonds. The Morgan fingerprint density at radius 1 is 1.09 bits per heavy atom. The lowest BCUT2D eigenvalue weighted by Crippen LogP contribution is -2.22. The zero-order valence-electron chi connectivity index (χ0n) is 19.8. The molecule has 0 aromatic heterocycles.